The van der Waals surface area contributed by atoms with E-state index < -0.39 is 15.1 Å². The van der Waals surface area contributed by atoms with Gasteiger partial charge in [0.2, 0.25) is 0 Å². The molecular formula is C7H6ClNO4S. The summed E-state index contributed by atoms with van der Waals surface area (Å²) < 4.78 is 21.7. The van der Waals surface area contributed by atoms with Crippen LogP contribution in [0, 0.1) is 0 Å². The van der Waals surface area contributed by atoms with Crippen molar-refractivity contribution in [3.8, 4) is 0 Å². The minimum absolute atomic E-state index is 0.148. The largest absolute Gasteiger partial charge is 0.465 e. The Bertz CT molecular complexity index is 457. The van der Waals surface area contributed by atoms with Crippen LogP contribution in [-0.2, 0) is 9.05 Å². The van der Waals surface area contributed by atoms with Crippen LogP contribution < -0.4 is 5.32 Å². The maximum atomic E-state index is 10.9. The van der Waals surface area contributed by atoms with Crippen LogP contribution in [0.2, 0.25) is 0 Å². The summed E-state index contributed by atoms with van der Waals surface area (Å²) in [5.74, 6) is 0. The molecule has 1 aromatic carbocycles. The van der Waals surface area contributed by atoms with Gasteiger partial charge in [-0.3, -0.25) is 5.32 Å². The lowest BCUT2D eigenvalue weighted by atomic mass is 10.3. The van der Waals surface area contributed by atoms with Crippen molar-refractivity contribution >= 4 is 31.5 Å². The molecule has 5 nitrogen and oxygen atoms in total. The highest BCUT2D eigenvalue weighted by atomic mass is 35.7. The standard InChI is InChI=1S/C7H6ClNO4S/c8-14(12,13)6-3-1-2-5(4-6)9-7(10)11/h1-4,9H,(H,10,11). The molecule has 14 heavy (non-hydrogen) atoms. The zero-order chi connectivity index (χ0) is 10.8. The summed E-state index contributed by atoms with van der Waals surface area (Å²) in [7, 11) is 1.24. The van der Waals surface area contributed by atoms with Gasteiger partial charge < -0.3 is 5.11 Å². The summed E-state index contributed by atoms with van der Waals surface area (Å²) in [6, 6.07) is 5.21. The topological polar surface area (TPSA) is 83.5 Å². The van der Waals surface area contributed by atoms with E-state index in [1.165, 1.54) is 18.2 Å². The first-order valence-electron chi connectivity index (χ1n) is 3.44. The molecule has 2 N–H and O–H groups in total. The monoisotopic (exact) mass is 235 g/mol. The summed E-state index contributed by atoms with van der Waals surface area (Å²) in [6.07, 6.45) is -1.27. The second-order valence-corrected chi connectivity index (χ2v) is 4.96. The van der Waals surface area contributed by atoms with Crippen molar-refractivity contribution in [2.75, 3.05) is 5.32 Å². The molecule has 0 saturated heterocycles. The molecule has 0 spiro atoms. The van der Waals surface area contributed by atoms with Crippen molar-refractivity contribution < 1.29 is 18.3 Å². The number of amides is 1. The molecule has 1 aromatic rings. The first-order chi connectivity index (χ1) is 6.39. The van der Waals surface area contributed by atoms with Crippen molar-refractivity contribution in [2.45, 2.75) is 4.90 Å². The second-order valence-electron chi connectivity index (χ2n) is 2.40. The Morgan fingerprint density at radius 3 is 2.57 bits per heavy atom. The molecule has 0 bridgehead atoms. The number of halogens is 1. The van der Waals surface area contributed by atoms with E-state index in [4.69, 9.17) is 15.8 Å². The van der Waals surface area contributed by atoms with Crippen LogP contribution in [0.1, 0.15) is 0 Å². The summed E-state index contributed by atoms with van der Waals surface area (Å²) in [5.41, 5.74) is 0.152. The maximum Gasteiger partial charge on any atom is 0.409 e. The van der Waals surface area contributed by atoms with Crippen LogP contribution in [0.25, 0.3) is 0 Å². The molecule has 0 radical (unpaired) electrons. The van der Waals surface area contributed by atoms with Gasteiger partial charge in [0.15, 0.2) is 0 Å². The predicted octanol–water partition coefficient (Wildman–Crippen LogP) is 1.70. The van der Waals surface area contributed by atoms with Crippen LogP contribution >= 0.6 is 10.7 Å². The van der Waals surface area contributed by atoms with Crippen LogP contribution in [-0.4, -0.2) is 19.6 Å². The predicted molar refractivity (Wildman–Crippen MR) is 51.1 cm³/mol. The minimum atomic E-state index is -3.82. The van der Waals surface area contributed by atoms with Gasteiger partial charge in [-0.1, -0.05) is 6.07 Å². The van der Waals surface area contributed by atoms with Gasteiger partial charge in [-0.05, 0) is 18.2 Å². The highest BCUT2D eigenvalue weighted by Gasteiger charge is 2.10. The van der Waals surface area contributed by atoms with E-state index in [2.05, 4.69) is 0 Å². The third-order valence-electron chi connectivity index (χ3n) is 1.37. The Labute approximate surface area is 84.7 Å². The molecule has 0 aromatic heterocycles. The number of carbonyl (C=O) groups is 1. The normalized spacial score (nSPS) is 10.9. The van der Waals surface area contributed by atoms with Gasteiger partial charge in [0.05, 0.1) is 4.90 Å². The van der Waals surface area contributed by atoms with Crippen LogP contribution in [0.5, 0.6) is 0 Å². The minimum Gasteiger partial charge on any atom is -0.465 e. The van der Waals surface area contributed by atoms with E-state index in [0.717, 1.165) is 6.07 Å². The number of rotatable bonds is 2. The average molecular weight is 236 g/mol. The van der Waals surface area contributed by atoms with Crippen LogP contribution in [0.3, 0.4) is 0 Å². The van der Waals surface area contributed by atoms with Gasteiger partial charge in [-0.15, -0.1) is 0 Å². The summed E-state index contributed by atoms with van der Waals surface area (Å²) in [4.78, 5) is 10.1. The molecule has 0 aliphatic rings. The summed E-state index contributed by atoms with van der Waals surface area (Å²) in [6.45, 7) is 0. The van der Waals surface area contributed by atoms with Crippen LogP contribution in [0.15, 0.2) is 29.2 Å². The number of hydrogen-bond donors (Lipinski definition) is 2. The quantitative estimate of drug-likeness (QED) is 0.765. The Morgan fingerprint density at radius 2 is 2.07 bits per heavy atom. The molecule has 76 valence electrons. The van der Waals surface area contributed by atoms with Crippen molar-refractivity contribution in [3.05, 3.63) is 24.3 Å². The Balaban J connectivity index is 3.08. The van der Waals surface area contributed by atoms with Gasteiger partial charge in [0, 0.05) is 16.4 Å². The van der Waals surface area contributed by atoms with Crippen molar-refractivity contribution in [2.24, 2.45) is 0 Å². The highest BCUT2D eigenvalue weighted by molar-refractivity contribution is 8.13. The van der Waals surface area contributed by atoms with E-state index in [1.807, 2.05) is 5.32 Å². The van der Waals surface area contributed by atoms with Gasteiger partial charge in [-0.25, -0.2) is 13.2 Å². The summed E-state index contributed by atoms with van der Waals surface area (Å²) >= 11 is 0. The van der Waals surface area contributed by atoms with E-state index in [1.54, 1.807) is 0 Å². The molecule has 0 atom stereocenters. The molecule has 1 amide bonds. The van der Waals surface area contributed by atoms with E-state index >= 15 is 0 Å². The van der Waals surface area contributed by atoms with Crippen molar-refractivity contribution in [1.29, 1.82) is 0 Å². The number of nitrogens with one attached hydrogen (secondary N) is 1. The maximum absolute atomic E-state index is 10.9. The van der Waals surface area contributed by atoms with Gasteiger partial charge in [0.25, 0.3) is 9.05 Å². The number of hydrogen-bond acceptors (Lipinski definition) is 3. The van der Waals surface area contributed by atoms with Crippen molar-refractivity contribution in [1.82, 2.24) is 0 Å². The molecule has 0 saturated carbocycles. The van der Waals surface area contributed by atoms with E-state index in [-0.39, 0.29) is 10.6 Å². The fraction of sp³-hybridized carbons (Fsp3) is 0. The number of benzene rings is 1. The smallest absolute Gasteiger partial charge is 0.409 e. The highest BCUT2D eigenvalue weighted by Crippen LogP contribution is 2.18. The fourth-order valence-corrected chi connectivity index (χ4v) is 1.65. The Morgan fingerprint density at radius 1 is 1.43 bits per heavy atom. The molecule has 0 heterocycles. The molecule has 0 aliphatic heterocycles. The lowest BCUT2D eigenvalue weighted by Crippen LogP contribution is -2.07. The van der Waals surface area contributed by atoms with Gasteiger partial charge >= 0.3 is 6.09 Å². The van der Waals surface area contributed by atoms with E-state index in [9.17, 15) is 13.2 Å². The summed E-state index contributed by atoms with van der Waals surface area (Å²) in [5, 5.41) is 10.4. The molecular weight excluding hydrogens is 230 g/mol. The lowest BCUT2D eigenvalue weighted by Gasteiger charge is -2.01. The lowest BCUT2D eigenvalue weighted by molar-refractivity contribution is 0.209. The average Bonchev–Trinajstić information content (AvgIpc) is 2.01. The molecule has 1 rings (SSSR count). The Hall–Kier alpha value is -1.27. The SMILES string of the molecule is O=C(O)Nc1cccc(S(=O)(=O)Cl)c1. The number of carboxylic acid groups (broad SMARTS) is 1. The number of anilines is 1. The molecule has 7 heteroatoms. The molecule has 0 unspecified atom stereocenters. The second kappa shape index (κ2) is 3.85. The molecule has 0 aliphatic carbocycles. The van der Waals surface area contributed by atoms with Crippen LogP contribution in [0.4, 0.5) is 10.5 Å². The third kappa shape index (κ3) is 2.90. The first kappa shape index (κ1) is 10.8. The fourth-order valence-electron chi connectivity index (χ4n) is 0.849. The third-order valence-corrected chi connectivity index (χ3v) is 2.72. The zero-order valence-corrected chi connectivity index (χ0v) is 8.34. The van der Waals surface area contributed by atoms with Gasteiger partial charge in [0.1, 0.15) is 0 Å². The Kier molecular flexibility index (Phi) is 2.97. The first-order valence-corrected chi connectivity index (χ1v) is 5.75. The van der Waals surface area contributed by atoms with E-state index in [0.29, 0.717) is 0 Å². The molecule has 0 fully saturated rings. The van der Waals surface area contributed by atoms with Gasteiger partial charge in [-0.2, -0.15) is 0 Å². The zero-order valence-electron chi connectivity index (χ0n) is 6.77. The van der Waals surface area contributed by atoms with Crippen molar-refractivity contribution in [3.63, 3.8) is 0 Å².